The fourth-order valence-corrected chi connectivity index (χ4v) is 4.60. The zero-order chi connectivity index (χ0) is 22.7. The van der Waals surface area contributed by atoms with E-state index in [1.54, 1.807) is 6.20 Å². The van der Waals surface area contributed by atoms with Crippen molar-refractivity contribution in [1.29, 1.82) is 0 Å². The summed E-state index contributed by atoms with van der Waals surface area (Å²) in [4.78, 5) is 19.4. The highest BCUT2D eigenvalue weighted by Gasteiger charge is 2.41. The number of anilines is 1. The summed E-state index contributed by atoms with van der Waals surface area (Å²) in [5.41, 5.74) is 4.01. The molecule has 1 aromatic carbocycles. The van der Waals surface area contributed by atoms with Crippen molar-refractivity contribution in [2.75, 3.05) is 11.9 Å². The molecule has 3 aromatic rings. The van der Waals surface area contributed by atoms with Gasteiger partial charge in [0.05, 0.1) is 17.8 Å². The van der Waals surface area contributed by atoms with Gasteiger partial charge in [0.1, 0.15) is 0 Å². The first-order chi connectivity index (χ1) is 15.4. The number of nitrogens with one attached hydrogen (secondary N) is 2. The number of aromatic nitrogens is 2. The fraction of sp³-hybridized carbons (Fsp3) is 0.320. The molecule has 0 spiro atoms. The minimum atomic E-state index is -0.0871. The molecule has 4 rings (SSSR count). The molecule has 1 fully saturated rings. The predicted octanol–water partition coefficient (Wildman–Crippen LogP) is 4.77. The molecule has 6 nitrogen and oxygen atoms in total. The number of benzene rings is 1. The summed E-state index contributed by atoms with van der Waals surface area (Å²) >= 11 is 5.72. The Morgan fingerprint density at radius 3 is 2.75 bits per heavy atom. The van der Waals surface area contributed by atoms with Crippen LogP contribution in [0.25, 0.3) is 0 Å². The monoisotopic (exact) mass is 447 g/mol. The van der Waals surface area contributed by atoms with Crippen molar-refractivity contribution >= 4 is 28.9 Å². The molecule has 1 saturated heterocycles. The van der Waals surface area contributed by atoms with Crippen LogP contribution in [0.15, 0.2) is 67.0 Å². The highest BCUT2D eigenvalue weighted by Crippen LogP contribution is 2.39. The summed E-state index contributed by atoms with van der Waals surface area (Å²) < 4.78 is 2.26. The Labute approximate surface area is 194 Å². The van der Waals surface area contributed by atoms with Gasteiger partial charge >= 0.3 is 0 Å². The molecule has 0 unspecified atom stereocenters. The lowest BCUT2D eigenvalue weighted by molar-refractivity contribution is -0.116. The molecule has 2 aromatic heterocycles. The first-order valence-electron chi connectivity index (χ1n) is 11.0. The Morgan fingerprint density at radius 1 is 1.19 bits per heavy atom. The maximum absolute atomic E-state index is 12.7. The van der Waals surface area contributed by atoms with Gasteiger partial charge in [-0.25, -0.2) is 0 Å². The number of nitrogens with zero attached hydrogens (tertiary/aromatic N) is 3. The van der Waals surface area contributed by atoms with E-state index in [1.807, 2.05) is 49.4 Å². The van der Waals surface area contributed by atoms with Gasteiger partial charge in [0.25, 0.3) is 0 Å². The van der Waals surface area contributed by atoms with E-state index in [-0.39, 0.29) is 18.0 Å². The zero-order valence-electron chi connectivity index (χ0n) is 18.7. The Hall–Kier alpha value is -3.19. The van der Waals surface area contributed by atoms with Crippen LogP contribution in [0.1, 0.15) is 55.3 Å². The van der Waals surface area contributed by atoms with Gasteiger partial charge in [0.15, 0.2) is 5.11 Å². The third kappa shape index (κ3) is 4.67. The lowest BCUT2D eigenvalue weighted by Crippen LogP contribution is -2.33. The molecule has 0 radical (unpaired) electrons. The lowest BCUT2D eigenvalue weighted by Gasteiger charge is -2.29. The summed E-state index contributed by atoms with van der Waals surface area (Å²) in [7, 11) is 0. The standard InChI is InChI=1S/C25H29N5OS/c1-17(2)29-14-7-11-21(29)24-23(20-10-4-5-13-26-20)28-25(32)30(24)15-12-22(31)27-19-9-6-8-18(3)16-19/h4-11,13-14,16-17,23-24H,12,15H2,1-3H3,(H,27,31)(H,28,32)/t23-,24+/m1/s1. The molecule has 1 aliphatic rings. The van der Waals surface area contributed by atoms with Gasteiger partial charge in [-0.3, -0.25) is 9.78 Å². The number of amides is 1. The number of hydrogen-bond acceptors (Lipinski definition) is 3. The molecule has 7 heteroatoms. The van der Waals surface area contributed by atoms with Crippen molar-refractivity contribution in [3.63, 3.8) is 0 Å². The van der Waals surface area contributed by atoms with Crippen LogP contribution in [-0.4, -0.2) is 32.0 Å². The van der Waals surface area contributed by atoms with Gasteiger partial charge in [-0.2, -0.15) is 0 Å². The summed E-state index contributed by atoms with van der Waals surface area (Å²) in [5.74, 6) is -0.0299. The molecular formula is C25H29N5OS. The number of carbonyl (C=O) groups excluding carboxylic acids is 1. The van der Waals surface area contributed by atoms with E-state index in [2.05, 4.69) is 57.3 Å². The highest BCUT2D eigenvalue weighted by atomic mass is 32.1. The first-order valence-corrected chi connectivity index (χ1v) is 11.4. The summed E-state index contributed by atoms with van der Waals surface area (Å²) in [5, 5.41) is 7.10. The van der Waals surface area contributed by atoms with Gasteiger partial charge in [-0.1, -0.05) is 18.2 Å². The lowest BCUT2D eigenvalue weighted by atomic mass is 10.0. The maximum Gasteiger partial charge on any atom is 0.226 e. The Balaban J connectivity index is 1.57. The minimum absolute atomic E-state index is 0.0299. The smallest absolute Gasteiger partial charge is 0.226 e. The van der Waals surface area contributed by atoms with Gasteiger partial charge in [-0.05, 0) is 75.0 Å². The van der Waals surface area contributed by atoms with Crippen molar-refractivity contribution in [1.82, 2.24) is 19.8 Å². The normalized spacial score (nSPS) is 18.1. The molecule has 2 N–H and O–H groups in total. The Kier molecular flexibility index (Phi) is 6.55. The van der Waals surface area contributed by atoms with E-state index in [4.69, 9.17) is 12.2 Å². The van der Waals surface area contributed by atoms with Crippen LogP contribution in [0.3, 0.4) is 0 Å². The molecular weight excluding hydrogens is 418 g/mol. The van der Waals surface area contributed by atoms with Crippen LogP contribution >= 0.6 is 12.2 Å². The van der Waals surface area contributed by atoms with Crippen LogP contribution in [0.5, 0.6) is 0 Å². The Bertz CT molecular complexity index is 1090. The average molecular weight is 448 g/mol. The van der Waals surface area contributed by atoms with Crippen LogP contribution in [0, 0.1) is 6.92 Å². The quantitative estimate of drug-likeness (QED) is 0.511. The molecule has 0 saturated carbocycles. The topological polar surface area (TPSA) is 62.2 Å². The third-order valence-electron chi connectivity index (χ3n) is 5.75. The fourth-order valence-electron chi connectivity index (χ4n) is 4.26. The van der Waals surface area contributed by atoms with Crippen LogP contribution in [0.4, 0.5) is 5.69 Å². The molecule has 1 aliphatic heterocycles. The SMILES string of the molecule is Cc1cccc(NC(=O)CCN2C(=S)N[C@H](c3ccccn3)[C@@H]2c2cccn2C(C)C)c1. The number of pyridine rings is 1. The highest BCUT2D eigenvalue weighted by molar-refractivity contribution is 7.80. The van der Waals surface area contributed by atoms with Crippen LogP contribution < -0.4 is 10.6 Å². The first kappa shape index (κ1) is 22.0. The molecule has 166 valence electrons. The minimum Gasteiger partial charge on any atom is -0.352 e. The van der Waals surface area contributed by atoms with Gasteiger partial charge in [0, 0.05) is 42.8 Å². The molecule has 2 atom stereocenters. The number of aryl methyl sites for hydroxylation is 1. The van der Waals surface area contributed by atoms with Crippen molar-refractivity contribution in [2.24, 2.45) is 0 Å². The largest absolute Gasteiger partial charge is 0.352 e. The van der Waals surface area contributed by atoms with E-state index in [1.165, 1.54) is 0 Å². The molecule has 1 amide bonds. The predicted molar refractivity (Wildman–Crippen MR) is 131 cm³/mol. The van der Waals surface area contributed by atoms with Gasteiger partial charge in [0.2, 0.25) is 5.91 Å². The van der Waals surface area contributed by atoms with E-state index >= 15 is 0 Å². The summed E-state index contributed by atoms with van der Waals surface area (Å²) in [6.07, 6.45) is 4.24. The maximum atomic E-state index is 12.7. The van der Waals surface area contributed by atoms with E-state index in [0.29, 0.717) is 24.1 Å². The van der Waals surface area contributed by atoms with Crippen LogP contribution in [0.2, 0.25) is 0 Å². The summed E-state index contributed by atoms with van der Waals surface area (Å²) in [6, 6.07) is 18.1. The summed E-state index contributed by atoms with van der Waals surface area (Å²) in [6.45, 7) is 6.86. The third-order valence-corrected chi connectivity index (χ3v) is 6.10. The molecule has 0 bridgehead atoms. The molecule has 3 heterocycles. The second-order valence-electron chi connectivity index (χ2n) is 8.42. The van der Waals surface area contributed by atoms with E-state index < -0.39 is 0 Å². The van der Waals surface area contributed by atoms with Crippen molar-refractivity contribution in [3.05, 3.63) is 83.9 Å². The second kappa shape index (κ2) is 9.53. The van der Waals surface area contributed by atoms with Crippen molar-refractivity contribution in [3.8, 4) is 0 Å². The van der Waals surface area contributed by atoms with Gasteiger partial charge in [-0.15, -0.1) is 0 Å². The van der Waals surface area contributed by atoms with Gasteiger partial charge < -0.3 is 20.1 Å². The number of carbonyl (C=O) groups is 1. The molecule has 0 aliphatic carbocycles. The van der Waals surface area contributed by atoms with Crippen LogP contribution in [-0.2, 0) is 4.79 Å². The van der Waals surface area contributed by atoms with Crippen molar-refractivity contribution in [2.45, 2.75) is 45.3 Å². The average Bonchev–Trinajstić information content (AvgIpc) is 3.37. The van der Waals surface area contributed by atoms with Crippen molar-refractivity contribution < 1.29 is 4.79 Å². The van der Waals surface area contributed by atoms with E-state index in [0.717, 1.165) is 22.6 Å². The van der Waals surface area contributed by atoms with E-state index in [9.17, 15) is 4.79 Å². The number of hydrogen-bond donors (Lipinski definition) is 2. The zero-order valence-corrected chi connectivity index (χ0v) is 19.5. The molecule has 32 heavy (non-hydrogen) atoms. The second-order valence-corrected chi connectivity index (χ2v) is 8.81. The number of rotatable bonds is 7. The number of thiocarbonyl (C=S) groups is 1. The Morgan fingerprint density at radius 2 is 2.03 bits per heavy atom.